The molecule has 15 heteroatoms. The molecule has 1 aliphatic rings. The summed E-state index contributed by atoms with van der Waals surface area (Å²) in [5, 5.41) is 25.9. The van der Waals surface area contributed by atoms with Crippen LogP contribution in [0.5, 0.6) is 0 Å². The Labute approximate surface area is 323 Å². The third kappa shape index (κ3) is 10.2. The van der Waals surface area contributed by atoms with E-state index in [9.17, 15) is 34.2 Å². The quantitative estimate of drug-likeness (QED) is 0.126. The van der Waals surface area contributed by atoms with Gasteiger partial charge in [0.25, 0.3) is 0 Å². The first-order valence-electron chi connectivity index (χ1n) is 18.6. The first kappa shape index (κ1) is 41.2. The fraction of sp³-hybridized carbons (Fsp3) is 0.390. The Morgan fingerprint density at radius 3 is 2.16 bits per heavy atom. The number of piperazine rings is 1. The SMILES string of the molecule is CCn1cc(C(=O)O)c(=O)c2cc(F)c(N3CCN(C(=O)OCc4ccc(NC(=O)C(C)CC(O)C(NC(=O)OCc5ccccc5)C(C)C)cc4)CC3)cc21. The van der Waals surface area contributed by atoms with Crippen LogP contribution in [0, 0.1) is 17.7 Å². The van der Waals surface area contributed by atoms with Crippen LogP contribution in [-0.2, 0) is 34.0 Å². The number of aliphatic hydroxyl groups is 1. The maximum absolute atomic E-state index is 15.3. The maximum Gasteiger partial charge on any atom is 0.410 e. The number of halogens is 1. The molecule has 0 aliphatic carbocycles. The number of amides is 3. The van der Waals surface area contributed by atoms with Gasteiger partial charge in [-0.25, -0.2) is 18.8 Å². The molecule has 1 saturated heterocycles. The van der Waals surface area contributed by atoms with E-state index in [-0.39, 0.29) is 55.6 Å². The number of alkyl carbamates (subject to hydrolysis) is 1. The van der Waals surface area contributed by atoms with Crippen molar-refractivity contribution in [1.82, 2.24) is 14.8 Å². The molecule has 4 N–H and O–H groups in total. The number of pyridine rings is 1. The number of aryl methyl sites for hydroxylation is 1. The number of hydrogen-bond acceptors (Lipinski definition) is 9. The number of carboxylic acid groups (broad SMARTS) is 1. The Morgan fingerprint density at radius 2 is 1.54 bits per heavy atom. The molecule has 2 heterocycles. The molecule has 1 aromatic heterocycles. The zero-order chi connectivity index (χ0) is 40.5. The smallest absolute Gasteiger partial charge is 0.410 e. The number of anilines is 2. The maximum atomic E-state index is 15.3. The highest BCUT2D eigenvalue weighted by Gasteiger charge is 2.29. The summed E-state index contributed by atoms with van der Waals surface area (Å²) in [4.78, 5) is 65.9. The summed E-state index contributed by atoms with van der Waals surface area (Å²) >= 11 is 0. The summed E-state index contributed by atoms with van der Waals surface area (Å²) < 4.78 is 27.7. The number of aromatic carboxylic acids is 1. The lowest BCUT2D eigenvalue weighted by Gasteiger charge is -2.35. The van der Waals surface area contributed by atoms with Gasteiger partial charge < -0.3 is 44.7 Å². The molecule has 1 aliphatic heterocycles. The van der Waals surface area contributed by atoms with Crippen molar-refractivity contribution in [2.75, 3.05) is 36.4 Å². The molecule has 0 saturated carbocycles. The van der Waals surface area contributed by atoms with Gasteiger partial charge in [-0.15, -0.1) is 0 Å². The molecule has 3 aromatic carbocycles. The number of hydrogen-bond donors (Lipinski definition) is 4. The van der Waals surface area contributed by atoms with Crippen LogP contribution < -0.4 is 21.0 Å². The highest BCUT2D eigenvalue weighted by Crippen LogP contribution is 2.27. The second-order valence-corrected chi connectivity index (χ2v) is 14.2. The average molecular weight is 774 g/mol. The summed E-state index contributed by atoms with van der Waals surface area (Å²) in [6.07, 6.45) is -0.828. The Hall–Kier alpha value is -5.96. The van der Waals surface area contributed by atoms with Gasteiger partial charge in [0, 0.05) is 55.9 Å². The fourth-order valence-corrected chi connectivity index (χ4v) is 6.60. The molecule has 3 atom stereocenters. The lowest BCUT2D eigenvalue weighted by Crippen LogP contribution is -2.49. The monoisotopic (exact) mass is 773 g/mol. The van der Waals surface area contributed by atoms with Gasteiger partial charge in [-0.3, -0.25) is 9.59 Å². The third-order valence-corrected chi connectivity index (χ3v) is 9.85. The van der Waals surface area contributed by atoms with Gasteiger partial charge in [0.1, 0.15) is 24.6 Å². The predicted octanol–water partition coefficient (Wildman–Crippen LogP) is 5.59. The molecular formula is C41H48FN5O9. The molecule has 14 nitrogen and oxygen atoms in total. The van der Waals surface area contributed by atoms with Crippen molar-refractivity contribution in [2.45, 2.75) is 66.0 Å². The number of rotatable bonds is 14. The van der Waals surface area contributed by atoms with Crippen molar-refractivity contribution in [3.8, 4) is 0 Å². The largest absolute Gasteiger partial charge is 0.477 e. The molecule has 0 radical (unpaired) electrons. The van der Waals surface area contributed by atoms with E-state index in [0.717, 1.165) is 11.6 Å². The van der Waals surface area contributed by atoms with E-state index in [2.05, 4.69) is 10.6 Å². The van der Waals surface area contributed by atoms with Gasteiger partial charge in [-0.2, -0.15) is 0 Å². The number of ether oxygens (including phenoxy) is 2. The normalized spacial score (nSPS) is 14.6. The van der Waals surface area contributed by atoms with E-state index in [1.165, 1.54) is 11.1 Å². The summed E-state index contributed by atoms with van der Waals surface area (Å²) in [5.41, 5.74) is 1.54. The number of fused-ring (bicyclic) bond motifs is 1. The van der Waals surface area contributed by atoms with E-state index in [1.54, 1.807) is 53.6 Å². The van der Waals surface area contributed by atoms with Crippen LogP contribution in [0.25, 0.3) is 10.9 Å². The zero-order valence-corrected chi connectivity index (χ0v) is 31.9. The second kappa shape index (κ2) is 18.6. The zero-order valence-electron chi connectivity index (χ0n) is 31.9. The lowest BCUT2D eigenvalue weighted by atomic mass is 9.91. The van der Waals surface area contributed by atoms with E-state index in [4.69, 9.17) is 9.47 Å². The fourth-order valence-electron chi connectivity index (χ4n) is 6.60. The molecule has 5 rings (SSSR count). The van der Waals surface area contributed by atoms with Crippen LogP contribution in [0.15, 0.2) is 77.7 Å². The highest BCUT2D eigenvalue weighted by molar-refractivity contribution is 5.94. The number of aromatic nitrogens is 1. The Kier molecular flexibility index (Phi) is 13.7. The summed E-state index contributed by atoms with van der Waals surface area (Å²) in [5.74, 6) is -3.06. The van der Waals surface area contributed by atoms with Gasteiger partial charge >= 0.3 is 18.2 Å². The van der Waals surface area contributed by atoms with Crippen molar-refractivity contribution in [3.63, 3.8) is 0 Å². The van der Waals surface area contributed by atoms with Gasteiger partial charge in [-0.05, 0) is 54.7 Å². The van der Waals surface area contributed by atoms with E-state index < -0.39 is 53.0 Å². The van der Waals surface area contributed by atoms with Crippen LogP contribution in [0.1, 0.15) is 55.6 Å². The Morgan fingerprint density at radius 1 is 0.893 bits per heavy atom. The molecule has 0 bridgehead atoms. The molecule has 3 unspecified atom stereocenters. The third-order valence-electron chi connectivity index (χ3n) is 9.85. The van der Waals surface area contributed by atoms with Crippen molar-refractivity contribution >= 4 is 46.3 Å². The molecule has 1 fully saturated rings. The summed E-state index contributed by atoms with van der Waals surface area (Å²) in [7, 11) is 0. The number of benzene rings is 3. The first-order valence-corrected chi connectivity index (χ1v) is 18.6. The van der Waals surface area contributed by atoms with Crippen molar-refractivity contribution in [2.24, 2.45) is 11.8 Å². The van der Waals surface area contributed by atoms with Crippen LogP contribution in [0.2, 0.25) is 0 Å². The molecule has 0 spiro atoms. The minimum absolute atomic E-state index is 0.0137. The van der Waals surface area contributed by atoms with Crippen LogP contribution in [0.4, 0.5) is 25.4 Å². The van der Waals surface area contributed by atoms with Gasteiger partial charge in [0.2, 0.25) is 11.3 Å². The molecule has 3 amide bonds. The molecule has 4 aromatic rings. The van der Waals surface area contributed by atoms with Gasteiger partial charge in [0.15, 0.2) is 0 Å². The van der Waals surface area contributed by atoms with Crippen molar-refractivity contribution in [3.05, 3.63) is 106 Å². The van der Waals surface area contributed by atoms with E-state index in [0.29, 0.717) is 36.4 Å². The standard InChI is InChI=1S/C41H48FN5O9/c1-5-45-22-31(39(51)52)37(49)30-20-32(42)34(21-33(30)45)46-15-17-47(18-16-46)41(54)56-24-28-11-13-29(14-12-28)43-38(50)26(4)19-35(48)36(25(2)3)44-40(53)55-23-27-9-7-6-8-10-27/h6-14,20-22,25-26,35-36,48H,5,15-19,23-24H2,1-4H3,(H,43,50)(H,44,53)(H,51,52). The number of nitrogens with zero attached hydrogens (tertiary/aromatic N) is 3. The summed E-state index contributed by atoms with van der Waals surface area (Å²) in [6.45, 7) is 8.80. The van der Waals surface area contributed by atoms with E-state index in [1.807, 2.05) is 44.2 Å². The van der Waals surface area contributed by atoms with Crippen molar-refractivity contribution < 1.29 is 43.3 Å². The number of carbonyl (C=O) groups excluding carboxylic acids is 3. The minimum Gasteiger partial charge on any atom is -0.477 e. The highest BCUT2D eigenvalue weighted by atomic mass is 19.1. The van der Waals surface area contributed by atoms with Crippen LogP contribution in [-0.4, -0.2) is 82.1 Å². The number of nitrogens with one attached hydrogen (secondary N) is 2. The Bertz CT molecular complexity index is 2080. The minimum atomic E-state index is -1.38. The molecule has 56 heavy (non-hydrogen) atoms. The lowest BCUT2D eigenvalue weighted by molar-refractivity contribution is -0.120. The van der Waals surface area contributed by atoms with Gasteiger partial charge in [-0.1, -0.05) is 63.2 Å². The summed E-state index contributed by atoms with van der Waals surface area (Å²) in [6, 6.07) is 18.0. The van der Waals surface area contributed by atoms with Crippen LogP contribution >= 0.6 is 0 Å². The van der Waals surface area contributed by atoms with Crippen molar-refractivity contribution in [1.29, 1.82) is 0 Å². The predicted molar refractivity (Wildman–Crippen MR) is 208 cm³/mol. The topological polar surface area (TPSA) is 180 Å². The number of carboxylic acids is 1. The first-order chi connectivity index (χ1) is 26.7. The molecule has 298 valence electrons. The van der Waals surface area contributed by atoms with Gasteiger partial charge in [0.05, 0.1) is 23.3 Å². The number of carbonyl (C=O) groups is 4. The average Bonchev–Trinajstić information content (AvgIpc) is 3.19. The van der Waals surface area contributed by atoms with Crippen LogP contribution in [0.3, 0.4) is 0 Å². The Balaban J connectivity index is 1.07. The molecular weight excluding hydrogens is 725 g/mol. The number of aliphatic hydroxyl groups excluding tert-OH is 1. The van der Waals surface area contributed by atoms with E-state index >= 15 is 4.39 Å². The second-order valence-electron chi connectivity index (χ2n) is 14.2.